The van der Waals surface area contributed by atoms with Crippen LogP contribution >= 0.6 is 11.6 Å². The molecule has 0 N–H and O–H groups in total. The number of fused-ring (bicyclic) bond motifs is 1. The molecule has 0 aromatic heterocycles. The molecule has 2 aromatic rings. The molecule has 0 saturated carbocycles. The van der Waals surface area contributed by atoms with Crippen LogP contribution in [0.4, 0.5) is 5.69 Å². The van der Waals surface area contributed by atoms with Gasteiger partial charge < -0.3 is 0 Å². The van der Waals surface area contributed by atoms with E-state index in [0.717, 1.165) is 5.56 Å². The van der Waals surface area contributed by atoms with Crippen LogP contribution < -0.4 is 4.90 Å². The zero-order valence-electron chi connectivity index (χ0n) is 12.5. The van der Waals surface area contributed by atoms with Gasteiger partial charge in [0.1, 0.15) is 0 Å². The fourth-order valence-electron chi connectivity index (χ4n) is 3.01. The van der Waals surface area contributed by atoms with E-state index in [9.17, 15) is 9.59 Å². The normalized spacial score (nSPS) is 22.4. The highest BCUT2D eigenvalue weighted by molar-refractivity contribution is 6.30. The zero-order valence-corrected chi connectivity index (χ0v) is 13.3. The number of rotatable bonds is 3. The van der Waals surface area contributed by atoms with Gasteiger partial charge in [-0.1, -0.05) is 47.2 Å². The topological polar surface area (TPSA) is 65.3 Å². The number of carbonyl (C=O) groups is 2. The number of benzene rings is 2. The molecule has 2 aliphatic heterocycles. The Kier molecular flexibility index (Phi) is 3.54. The monoisotopic (exact) mass is 340 g/mol. The van der Waals surface area contributed by atoms with E-state index in [4.69, 9.17) is 11.6 Å². The minimum Gasteiger partial charge on any atom is -0.271 e. The van der Waals surface area contributed by atoms with E-state index in [0.29, 0.717) is 17.3 Å². The summed E-state index contributed by atoms with van der Waals surface area (Å²) in [7, 11) is 0. The highest BCUT2D eigenvalue weighted by Gasteiger charge is 2.54. The third-order valence-corrected chi connectivity index (χ3v) is 4.34. The Morgan fingerprint density at radius 1 is 1.00 bits per heavy atom. The van der Waals surface area contributed by atoms with Crippen molar-refractivity contribution in [2.75, 3.05) is 4.90 Å². The van der Waals surface area contributed by atoms with Gasteiger partial charge >= 0.3 is 0 Å². The average Bonchev–Trinajstić information content (AvgIpc) is 3.09. The second kappa shape index (κ2) is 5.72. The molecule has 1 saturated heterocycles. The summed E-state index contributed by atoms with van der Waals surface area (Å²) in [5.74, 6) is -0.642. The molecule has 2 aliphatic rings. The van der Waals surface area contributed by atoms with Crippen LogP contribution in [0.1, 0.15) is 5.56 Å². The van der Waals surface area contributed by atoms with Crippen LogP contribution in [0, 0.1) is 0 Å². The predicted octanol–water partition coefficient (Wildman–Crippen LogP) is 2.83. The van der Waals surface area contributed by atoms with Crippen LogP contribution in [-0.2, 0) is 16.1 Å². The lowest BCUT2D eigenvalue weighted by Gasteiger charge is -2.20. The summed E-state index contributed by atoms with van der Waals surface area (Å²) < 4.78 is 0. The molecule has 4 rings (SSSR count). The number of carbonyl (C=O) groups excluding carboxylic acids is 2. The summed E-state index contributed by atoms with van der Waals surface area (Å²) in [6.07, 6.45) is 0. The Hall–Kier alpha value is -2.73. The number of amides is 2. The van der Waals surface area contributed by atoms with Crippen molar-refractivity contribution < 1.29 is 9.59 Å². The maximum absolute atomic E-state index is 12.8. The van der Waals surface area contributed by atoms with Gasteiger partial charge in [-0.15, -0.1) is 0 Å². The Bertz CT molecular complexity index is 839. The Morgan fingerprint density at radius 3 is 2.54 bits per heavy atom. The molecule has 2 aromatic carbocycles. The van der Waals surface area contributed by atoms with Crippen LogP contribution in [0.15, 0.2) is 64.9 Å². The standard InChI is InChI=1S/C17H13ClN4O2/c18-12-6-4-5-11(9-12)10-21-15-14(19-20-21)16(23)22(17(15)24)13-7-2-1-3-8-13/h1-9,14-15H,10H2/t14-,15+/m0/s1. The first-order chi connectivity index (χ1) is 11.6. The first kappa shape index (κ1) is 14.8. The van der Waals surface area contributed by atoms with Crippen molar-refractivity contribution in [2.45, 2.75) is 18.6 Å². The number of hydrogen-bond acceptors (Lipinski definition) is 5. The van der Waals surface area contributed by atoms with Crippen molar-refractivity contribution >= 4 is 29.1 Å². The summed E-state index contributed by atoms with van der Waals surface area (Å²) in [5.41, 5.74) is 1.46. The fraction of sp³-hybridized carbons (Fsp3) is 0.176. The van der Waals surface area contributed by atoms with E-state index in [1.807, 2.05) is 18.2 Å². The van der Waals surface area contributed by atoms with Gasteiger partial charge in [-0.2, -0.15) is 5.11 Å². The van der Waals surface area contributed by atoms with E-state index in [-0.39, 0.29) is 11.8 Å². The molecule has 1 fully saturated rings. The van der Waals surface area contributed by atoms with Crippen molar-refractivity contribution in [3.8, 4) is 0 Å². The number of imide groups is 1. The lowest BCUT2D eigenvalue weighted by Crippen LogP contribution is -2.39. The summed E-state index contributed by atoms with van der Waals surface area (Å²) in [5, 5.41) is 10.2. The van der Waals surface area contributed by atoms with Crippen molar-refractivity contribution in [3.63, 3.8) is 0 Å². The van der Waals surface area contributed by atoms with Crippen LogP contribution in [0.3, 0.4) is 0 Å². The molecule has 6 nitrogen and oxygen atoms in total. The molecule has 0 radical (unpaired) electrons. The summed E-state index contributed by atoms with van der Waals surface area (Å²) in [6.45, 7) is 0.368. The van der Waals surface area contributed by atoms with Crippen LogP contribution in [0.2, 0.25) is 5.02 Å². The SMILES string of the molecule is O=C1[C@H]2N=NN(Cc3cccc(Cl)c3)[C@H]2C(=O)N1c1ccccc1. The molecule has 2 atom stereocenters. The first-order valence-corrected chi connectivity index (χ1v) is 7.87. The fourth-order valence-corrected chi connectivity index (χ4v) is 3.22. The summed E-state index contributed by atoms with van der Waals surface area (Å²) >= 11 is 5.99. The molecule has 24 heavy (non-hydrogen) atoms. The molecule has 7 heteroatoms. The Labute approximate surface area is 143 Å². The van der Waals surface area contributed by atoms with E-state index in [1.54, 1.807) is 41.4 Å². The third-order valence-electron chi connectivity index (χ3n) is 4.11. The summed E-state index contributed by atoms with van der Waals surface area (Å²) in [4.78, 5) is 26.5. The van der Waals surface area contributed by atoms with Crippen molar-refractivity contribution in [2.24, 2.45) is 10.3 Å². The molecular formula is C17H13ClN4O2. The van der Waals surface area contributed by atoms with Crippen LogP contribution in [0.25, 0.3) is 0 Å². The van der Waals surface area contributed by atoms with Gasteiger partial charge in [0.05, 0.1) is 12.2 Å². The van der Waals surface area contributed by atoms with Crippen LogP contribution in [0.5, 0.6) is 0 Å². The van der Waals surface area contributed by atoms with Gasteiger partial charge in [0.2, 0.25) is 0 Å². The molecule has 2 heterocycles. The second-order valence-electron chi connectivity index (χ2n) is 5.67. The molecule has 0 bridgehead atoms. The molecule has 0 unspecified atom stereocenters. The number of hydrogen-bond donors (Lipinski definition) is 0. The average molecular weight is 341 g/mol. The lowest BCUT2D eigenvalue weighted by atomic mass is 10.1. The highest BCUT2D eigenvalue weighted by atomic mass is 35.5. The number of nitrogens with zero attached hydrogens (tertiary/aromatic N) is 4. The van der Waals surface area contributed by atoms with Crippen molar-refractivity contribution in [1.29, 1.82) is 0 Å². The number of para-hydroxylation sites is 1. The van der Waals surface area contributed by atoms with Gasteiger partial charge in [0.15, 0.2) is 12.1 Å². The van der Waals surface area contributed by atoms with Crippen molar-refractivity contribution in [1.82, 2.24) is 5.01 Å². The van der Waals surface area contributed by atoms with Gasteiger partial charge in [-0.25, -0.2) is 4.90 Å². The molecule has 0 aliphatic carbocycles. The van der Waals surface area contributed by atoms with Gasteiger partial charge in [0, 0.05) is 5.02 Å². The maximum Gasteiger partial charge on any atom is 0.263 e. The lowest BCUT2D eigenvalue weighted by molar-refractivity contribution is -0.123. The van der Waals surface area contributed by atoms with Gasteiger partial charge in [-0.05, 0) is 29.8 Å². The third kappa shape index (κ3) is 2.35. The molecule has 120 valence electrons. The van der Waals surface area contributed by atoms with Crippen molar-refractivity contribution in [3.05, 3.63) is 65.2 Å². The minimum atomic E-state index is -0.781. The smallest absolute Gasteiger partial charge is 0.263 e. The molecular weight excluding hydrogens is 328 g/mol. The van der Waals surface area contributed by atoms with E-state index in [2.05, 4.69) is 10.3 Å². The van der Waals surface area contributed by atoms with E-state index >= 15 is 0 Å². The second-order valence-corrected chi connectivity index (χ2v) is 6.11. The zero-order chi connectivity index (χ0) is 16.7. The minimum absolute atomic E-state index is 0.303. The van der Waals surface area contributed by atoms with Gasteiger partial charge in [-0.3, -0.25) is 14.6 Å². The number of anilines is 1. The van der Waals surface area contributed by atoms with E-state index < -0.39 is 12.1 Å². The molecule has 2 amide bonds. The van der Waals surface area contributed by atoms with E-state index in [1.165, 1.54) is 4.90 Å². The van der Waals surface area contributed by atoms with Crippen LogP contribution in [-0.4, -0.2) is 28.9 Å². The maximum atomic E-state index is 12.8. The largest absolute Gasteiger partial charge is 0.271 e. The Balaban J connectivity index is 1.61. The first-order valence-electron chi connectivity index (χ1n) is 7.50. The quantitative estimate of drug-likeness (QED) is 0.807. The highest BCUT2D eigenvalue weighted by Crippen LogP contribution is 2.32. The van der Waals surface area contributed by atoms with Gasteiger partial charge in [0.25, 0.3) is 11.8 Å². The number of halogens is 1. The predicted molar refractivity (Wildman–Crippen MR) is 88.4 cm³/mol. The summed E-state index contributed by atoms with van der Waals surface area (Å²) in [6, 6.07) is 14.7. The molecule has 0 spiro atoms. The Morgan fingerprint density at radius 2 is 1.79 bits per heavy atom.